The molecule has 1 aliphatic rings. The van der Waals surface area contributed by atoms with Gasteiger partial charge >= 0.3 is 0 Å². The fourth-order valence-corrected chi connectivity index (χ4v) is 2.07. The molecule has 1 unspecified atom stereocenters. The smallest absolute Gasteiger partial charge is 0.161 e. The maximum atomic E-state index is 5.84. The van der Waals surface area contributed by atoms with Crippen molar-refractivity contribution < 1.29 is 9.47 Å². The molecule has 1 atom stereocenters. The summed E-state index contributed by atoms with van der Waals surface area (Å²) in [6, 6.07) is 6.23. The van der Waals surface area contributed by atoms with Crippen molar-refractivity contribution in [3.63, 3.8) is 0 Å². The van der Waals surface area contributed by atoms with Crippen molar-refractivity contribution in [1.29, 1.82) is 0 Å². The zero-order chi connectivity index (χ0) is 13.0. The summed E-state index contributed by atoms with van der Waals surface area (Å²) < 4.78 is 11.2. The van der Waals surface area contributed by atoms with Crippen LogP contribution in [0.2, 0.25) is 0 Å². The molecule has 3 nitrogen and oxygen atoms in total. The minimum atomic E-state index is 0.165. The molecular formula is C15H23NO2. The summed E-state index contributed by atoms with van der Waals surface area (Å²) in [5.41, 5.74) is 7.02. The van der Waals surface area contributed by atoms with Gasteiger partial charge in [-0.05, 0) is 43.4 Å². The minimum Gasteiger partial charge on any atom is -0.493 e. The van der Waals surface area contributed by atoms with Gasteiger partial charge < -0.3 is 15.2 Å². The van der Waals surface area contributed by atoms with Gasteiger partial charge in [0, 0.05) is 6.04 Å². The van der Waals surface area contributed by atoms with Crippen molar-refractivity contribution in [2.45, 2.75) is 38.6 Å². The van der Waals surface area contributed by atoms with Crippen LogP contribution in [0.25, 0.3) is 0 Å². The molecular weight excluding hydrogens is 226 g/mol. The largest absolute Gasteiger partial charge is 0.493 e. The Bertz CT molecular complexity index is 386. The molecule has 1 aromatic rings. The topological polar surface area (TPSA) is 44.5 Å². The van der Waals surface area contributed by atoms with E-state index in [1.165, 1.54) is 18.4 Å². The van der Waals surface area contributed by atoms with Crippen LogP contribution in [0.15, 0.2) is 18.2 Å². The van der Waals surface area contributed by atoms with E-state index in [9.17, 15) is 0 Å². The van der Waals surface area contributed by atoms with E-state index < -0.39 is 0 Å². The molecule has 2 rings (SSSR count). The lowest BCUT2D eigenvalue weighted by Crippen LogP contribution is -2.17. The van der Waals surface area contributed by atoms with Crippen LogP contribution in [0, 0.1) is 5.92 Å². The molecule has 1 aliphatic carbocycles. The van der Waals surface area contributed by atoms with E-state index >= 15 is 0 Å². The molecule has 0 aliphatic heterocycles. The van der Waals surface area contributed by atoms with E-state index in [0.29, 0.717) is 0 Å². The SMILES string of the molecule is COc1ccc(CC(C)N)cc1OCCC1CC1. The Labute approximate surface area is 109 Å². The zero-order valence-corrected chi connectivity index (χ0v) is 11.3. The fraction of sp³-hybridized carbons (Fsp3) is 0.600. The Morgan fingerprint density at radius 2 is 2.11 bits per heavy atom. The van der Waals surface area contributed by atoms with Crippen LogP contribution in [-0.2, 0) is 6.42 Å². The maximum absolute atomic E-state index is 5.84. The molecule has 0 bridgehead atoms. The Morgan fingerprint density at radius 3 is 2.72 bits per heavy atom. The highest BCUT2D eigenvalue weighted by Gasteiger charge is 2.21. The van der Waals surface area contributed by atoms with Crippen molar-refractivity contribution in [2.75, 3.05) is 13.7 Å². The second kappa shape index (κ2) is 6.10. The van der Waals surface area contributed by atoms with Crippen LogP contribution < -0.4 is 15.2 Å². The Morgan fingerprint density at radius 1 is 1.33 bits per heavy atom. The maximum Gasteiger partial charge on any atom is 0.161 e. The van der Waals surface area contributed by atoms with Gasteiger partial charge in [0.2, 0.25) is 0 Å². The monoisotopic (exact) mass is 249 g/mol. The fourth-order valence-electron chi connectivity index (χ4n) is 2.07. The third-order valence-electron chi connectivity index (χ3n) is 3.27. The standard InChI is InChI=1S/C15H23NO2/c1-11(16)9-13-5-6-14(17-2)15(10-13)18-8-7-12-3-4-12/h5-6,10-12H,3-4,7-9,16H2,1-2H3. The highest BCUT2D eigenvalue weighted by Crippen LogP contribution is 2.33. The first-order valence-corrected chi connectivity index (χ1v) is 6.74. The van der Waals surface area contributed by atoms with Gasteiger partial charge in [0.15, 0.2) is 11.5 Å². The molecule has 1 saturated carbocycles. The van der Waals surface area contributed by atoms with Gasteiger partial charge in [-0.15, -0.1) is 0 Å². The third kappa shape index (κ3) is 3.91. The van der Waals surface area contributed by atoms with Crippen molar-refractivity contribution in [3.8, 4) is 11.5 Å². The molecule has 0 amide bonds. The highest BCUT2D eigenvalue weighted by molar-refractivity contribution is 5.43. The molecule has 1 fully saturated rings. The zero-order valence-electron chi connectivity index (χ0n) is 11.3. The molecule has 18 heavy (non-hydrogen) atoms. The van der Waals surface area contributed by atoms with Crippen molar-refractivity contribution >= 4 is 0 Å². The Kier molecular flexibility index (Phi) is 4.48. The van der Waals surface area contributed by atoms with Gasteiger partial charge in [-0.3, -0.25) is 0 Å². The summed E-state index contributed by atoms with van der Waals surface area (Å²) >= 11 is 0. The molecule has 100 valence electrons. The first-order valence-electron chi connectivity index (χ1n) is 6.74. The van der Waals surface area contributed by atoms with Crippen LogP contribution in [-0.4, -0.2) is 19.8 Å². The summed E-state index contributed by atoms with van der Waals surface area (Å²) in [6.07, 6.45) is 4.75. The summed E-state index contributed by atoms with van der Waals surface area (Å²) in [6.45, 7) is 2.79. The van der Waals surface area contributed by atoms with E-state index in [4.69, 9.17) is 15.2 Å². The van der Waals surface area contributed by atoms with Gasteiger partial charge in [-0.25, -0.2) is 0 Å². The lowest BCUT2D eigenvalue weighted by atomic mass is 10.1. The Balaban J connectivity index is 1.98. The number of ether oxygens (including phenoxy) is 2. The molecule has 0 heterocycles. The molecule has 3 heteroatoms. The predicted octanol–water partition coefficient (Wildman–Crippen LogP) is 2.76. The number of benzene rings is 1. The highest BCUT2D eigenvalue weighted by atomic mass is 16.5. The first kappa shape index (κ1) is 13.2. The summed E-state index contributed by atoms with van der Waals surface area (Å²) in [4.78, 5) is 0. The van der Waals surface area contributed by atoms with Crippen LogP contribution in [0.3, 0.4) is 0 Å². The van der Waals surface area contributed by atoms with Crippen molar-refractivity contribution in [2.24, 2.45) is 11.7 Å². The van der Waals surface area contributed by atoms with Crippen LogP contribution in [0.5, 0.6) is 11.5 Å². The number of hydrogen-bond acceptors (Lipinski definition) is 3. The van der Waals surface area contributed by atoms with Crippen molar-refractivity contribution in [1.82, 2.24) is 0 Å². The van der Waals surface area contributed by atoms with E-state index in [2.05, 4.69) is 12.1 Å². The average molecular weight is 249 g/mol. The van der Waals surface area contributed by atoms with Gasteiger partial charge in [0.1, 0.15) is 0 Å². The van der Waals surface area contributed by atoms with Gasteiger partial charge in [0.05, 0.1) is 13.7 Å². The third-order valence-corrected chi connectivity index (χ3v) is 3.27. The van der Waals surface area contributed by atoms with Crippen molar-refractivity contribution in [3.05, 3.63) is 23.8 Å². The quantitative estimate of drug-likeness (QED) is 0.808. The molecule has 0 saturated heterocycles. The lowest BCUT2D eigenvalue weighted by Gasteiger charge is -2.13. The average Bonchev–Trinajstić information content (AvgIpc) is 3.13. The number of nitrogens with two attached hydrogens (primary N) is 1. The predicted molar refractivity (Wildman–Crippen MR) is 73.2 cm³/mol. The molecule has 0 aromatic heterocycles. The Hall–Kier alpha value is -1.22. The molecule has 0 radical (unpaired) electrons. The first-order chi connectivity index (χ1) is 8.69. The van der Waals surface area contributed by atoms with E-state index in [1.54, 1.807) is 7.11 Å². The normalized spacial score (nSPS) is 16.4. The number of hydrogen-bond donors (Lipinski definition) is 1. The summed E-state index contributed by atoms with van der Waals surface area (Å²) in [5.74, 6) is 2.54. The number of rotatable bonds is 7. The summed E-state index contributed by atoms with van der Waals surface area (Å²) in [7, 11) is 1.67. The van der Waals surface area contributed by atoms with Crippen LogP contribution in [0.4, 0.5) is 0 Å². The molecule has 2 N–H and O–H groups in total. The minimum absolute atomic E-state index is 0.165. The lowest BCUT2D eigenvalue weighted by molar-refractivity contribution is 0.282. The van der Waals surface area contributed by atoms with E-state index in [-0.39, 0.29) is 6.04 Å². The van der Waals surface area contributed by atoms with E-state index in [1.807, 2.05) is 13.0 Å². The van der Waals surface area contributed by atoms with Gasteiger partial charge in [0.25, 0.3) is 0 Å². The molecule has 0 spiro atoms. The molecule has 1 aromatic carbocycles. The van der Waals surface area contributed by atoms with Crippen LogP contribution in [0.1, 0.15) is 31.7 Å². The number of methoxy groups -OCH3 is 1. The second-order valence-corrected chi connectivity index (χ2v) is 5.25. The van der Waals surface area contributed by atoms with Crippen LogP contribution >= 0.6 is 0 Å². The van der Waals surface area contributed by atoms with Gasteiger partial charge in [-0.1, -0.05) is 18.9 Å². The van der Waals surface area contributed by atoms with E-state index in [0.717, 1.165) is 36.9 Å². The second-order valence-electron chi connectivity index (χ2n) is 5.25. The summed E-state index contributed by atoms with van der Waals surface area (Å²) in [5, 5.41) is 0. The van der Waals surface area contributed by atoms with Gasteiger partial charge in [-0.2, -0.15) is 0 Å².